The van der Waals surface area contributed by atoms with Crippen molar-refractivity contribution in [3.63, 3.8) is 0 Å². The lowest BCUT2D eigenvalue weighted by Gasteiger charge is -2.20. The molecule has 0 atom stereocenters. The van der Waals surface area contributed by atoms with Crippen LogP contribution in [0.15, 0.2) is 24.3 Å². The maximum Gasteiger partial charge on any atom is 0.335 e. The molecule has 1 aromatic carbocycles. The number of aromatic carboxylic acids is 1. The second-order valence-corrected chi connectivity index (χ2v) is 6.67. The van der Waals surface area contributed by atoms with E-state index >= 15 is 0 Å². The average molecular weight is 361 g/mol. The molecule has 1 saturated carbocycles. The highest BCUT2D eigenvalue weighted by molar-refractivity contribution is 5.87. The highest BCUT2D eigenvalue weighted by Gasteiger charge is 2.16. The first-order valence-corrected chi connectivity index (χ1v) is 9.15. The van der Waals surface area contributed by atoms with Gasteiger partial charge >= 0.3 is 12.0 Å². The summed E-state index contributed by atoms with van der Waals surface area (Å²) < 4.78 is 0. The molecular weight excluding hydrogens is 334 g/mol. The van der Waals surface area contributed by atoms with Crippen LogP contribution in [0.1, 0.15) is 54.4 Å². The lowest BCUT2D eigenvalue weighted by molar-refractivity contribution is -0.122. The van der Waals surface area contributed by atoms with Gasteiger partial charge in [-0.3, -0.25) is 4.79 Å². The molecule has 0 heterocycles. The summed E-state index contributed by atoms with van der Waals surface area (Å²) in [5.41, 5.74) is 1.02. The van der Waals surface area contributed by atoms with Gasteiger partial charge in [0, 0.05) is 26.1 Å². The highest BCUT2D eigenvalue weighted by atomic mass is 16.4. The van der Waals surface area contributed by atoms with Gasteiger partial charge < -0.3 is 21.1 Å². The summed E-state index contributed by atoms with van der Waals surface area (Å²) in [6.45, 7) is 1.08. The minimum Gasteiger partial charge on any atom is -0.478 e. The lowest BCUT2D eigenvalue weighted by Crippen LogP contribution is -2.40. The molecule has 0 spiro atoms. The first-order valence-electron chi connectivity index (χ1n) is 9.15. The number of benzene rings is 1. The summed E-state index contributed by atoms with van der Waals surface area (Å²) in [6, 6.07) is 6.00. The summed E-state index contributed by atoms with van der Waals surface area (Å²) >= 11 is 0. The molecule has 7 nitrogen and oxygen atoms in total. The summed E-state index contributed by atoms with van der Waals surface area (Å²) in [7, 11) is 0. The second-order valence-electron chi connectivity index (χ2n) is 6.67. The van der Waals surface area contributed by atoms with Gasteiger partial charge in [0.15, 0.2) is 0 Å². The topological polar surface area (TPSA) is 108 Å². The molecule has 1 aliphatic carbocycles. The number of carbonyl (C=O) groups excluding carboxylic acids is 2. The molecule has 0 unspecified atom stereocenters. The molecular formula is C19H27N3O4. The van der Waals surface area contributed by atoms with Gasteiger partial charge in [-0.1, -0.05) is 31.4 Å². The van der Waals surface area contributed by atoms with Crippen molar-refractivity contribution in [2.75, 3.05) is 13.1 Å². The van der Waals surface area contributed by atoms with Crippen LogP contribution in [0.5, 0.6) is 0 Å². The van der Waals surface area contributed by atoms with Gasteiger partial charge in [-0.05, 0) is 36.5 Å². The minimum absolute atomic E-state index is 0.0534. The Balaban J connectivity index is 1.55. The number of amides is 3. The molecule has 4 N–H and O–H groups in total. The third-order valence-electron chi connectivity index (χ3n) is 4.59. The normalized spacial score (nSPS) is 14.5. The molecule has 0 radical (unpaired) electrons. The van der Waals surface area contributed by atoms with Gasteiger partial charge in [0.25, 0.3) is 0 Å². The number of urea groups is 1. The van der Waals surface area contributed by atoms with Gasteiger partial charge in [-0.15, -0.1) is 0 Å². The number of hydrogen-bond donors (Lipinski definition) is 4. The molecule has 26 heavy (non-hydrogen) atoms. The first-order chi connectivity index (χ1) is 12.5. The van der Waals surface area contributed by atoms with Crippen molar-refractivity contribution >= 4 is 17.9 Å². The Labute approximate surface area is 153 Å². The van der Waals surface area contributed by atoms with Crippen LogP contribution in [0.2, 0.25) is 0 Å². The summed E-state index contributed by atoms with van der Waals surface area (Å²) in [5.74, 6) is -0.419. The smallest absolute Gasteiger partial charge is 0.335 e. The zero-order valence-corrected chi connectivity index (χ0v) is 14.9. The Kier molecular flexibility index (Phi) is 7.92. The maximum absolute atomic E-state index is 11.9. The van der Waals surface area contributed by atoms with Crippen LogP contribution in [0.3, 0.4) is 0 Å². The van der Waals surface area contributed by atoms with E-state index in [1.807, 2.05) is 0 Å². The molecule has 0 aliphatic heterocycles. The van der Waals surface area contributed by atoms with Crippen molar-refractivity contribution in [2.45, 2.75) is 45.1 Å². The molecule has 7 heteroatoms. The van der Waals surface area contributed by atoms with Gasteiger partial charge in [-0.25, -0.2) is 9.59 Å². The van der Waals surface area contributed by atoms with Crippen molar-refractivity contribution in [3.05, 3.63) is 35.4 Å². The molecule has 0 saturated heterocycles. The molecule has 1 fully saturated rings. The summed E-state index contributed by atoms with van der Waals surface area (Å²) in [5, 5.41) is 17.0. The van der Waals surface area contributed by atoms with Crippen LogP contribution < -0.4 is 16.0 Å². The van der Waals surface area contributed by atoms with E-state index < -0.39 is 5.97 Å². The van der Waals surface area contributed by atoms with E-state index in [-0.39, 0.29) is 17.5 Å². The van der Waals surface area contributed by atoms with E-state index in [4.69, 9.17) is 5.11 Å². The van der Waals surface area contributed by atoms with E-state index in [0.29, 0.717) is 32.0 Å². The Morgan fingerprint density at radius 1 is 0.923 bits per heavy atom. The number of carboxylic acid groups (broad SMARTS) is 1. The van der Waals surface area contributed by atoms with Crippen LogP contribution in [0.25, 0.3) is 0 Å². The SMILES string of the molecule is O=C(CC1CCCCC1)NCCNC(=O)NCc1ccc(C(=O)O)cc1. The van der Waals surface area contributed by atoms with Crippen molar-refractivity contribution in [1.29, 1.82) is 0 Å². The second kappa shape index (κ2) is 10.4. The Morgan fingerprint density at radius 3 is 2.23 bits per heavy atom. The average Bonchev–Trinajstić information content (AvgIpc) is 2.64. The number of hydrogen-bond acceptors (Lipinski definition) is 3. The number of nitrogens with one attached hydrogen (secondary N) is 3. The fourth-order valence-electron chi connectivity index (χ4n) is 3.11. The van der Waals surface area contributed by atoms with Crippen LogP contribution >= 0.6 is 0 Å². The predicted molar refractivity (Wildman–Crippen MR) is 97.8 cm³/mol. The lowest BCUT2D eigenvalue weighted by atomic mass is 9.87. The van der Waals surface area contributed by atoms with Gasteiger partial charge in [0.05, 0.1) is 5.56 Å². The Bertz CT molecular complexity index is 610. The quantitative estimate of drug-likeness (QED) is 0.533. The minimum atomic E-state index is -0.979. The van der Waals surface area contributed by atoms with E-state index in [1.54, 1.807) is 12.1 Å². The standard InChI is InChI=1S/C19H27N3O4/c23-17(12-14-4-2-1-3-5-14)20-10-11-21-19(26)22-13-15-6-8-16(9-7-15)18(24)25/h6-9,14H,1-5,10-13H2,(H,20,23)(H,24,25)(H2,21,22,26). The van der Waals surface area contributed by atoms with Crippen molar-refractivity contribution in [2.24, 2.45) is 5.92 Å². The van der Waals surface area contributed by atoms with E-state index in [2.05, 4.69) is 16.0 Å². The number of carboxylic acids is 1. The molecule has 0 aromatic heterocycles. The maximum atomic E-state index is 11.9. The van der Waals surface area contributed by atoms with Gasteiger partial charge in [0.2, 0.25) is 5.91 Å². The fraction of sp³-hybridized carbons (Fsp3) is 0.526. The van der Waals surface area contributed by atoms with Crippen molar-refractivity contribution in [3.8, 4) is 0 Å². The van der Waals surface area contributed by atoms with E-state index in [9.17, 15) is 14.4 Å². The predicted octanol–water partition coefficient (Wildman–Crippen LogP) is 2.27. The van der Waals surface area contributed by atoms with Crippen molar-refractivity contribution in [1.82, 2.24) is 16.0 Å². The number of rotatable bonds is 8. The largest absolute Gasteiger partial charge is 0.478 e. The molecule has 0 bridgehead atoms. The van der Waals surface area contributed by atoms with Gasteiger partial charge in [0.1, 0.15) is 0 Å². The van der Waals surface area contributed by atoms with Crippen LogP contribution in [-0.2, 0) is 11.3 Å². The zero-order valence-electron chi connectivity index (χ0n) is 14.9. The molecule has 1 aromatic rings. The molecule has 142 valence electrons. The van der Waals surface area contributed by atoms with Crippen molar-refractivity contribution < 1.29 is 19.5 Å². The third kappa shape index (κ3) is 7.13. The monoisotopic (exact) mass is 361 g/mol. The Morgan fingerprint density at radius 2 is 1.58 bits per heavy atom. The third-order valence-corrected chi connectivity index (χ3v) is 4.59. The first kappa shape index (κ1) is 19.8. The summed E-state index contributed by atoms with van der Waals surface area (Å²) in [6.07, 6.45) is 6.58. The summed E-state index contributed by atoms with van der Waals surface area (Å²) in [4.78, 5) is 34.4. The molecule has 2 rings (SSSR count). The van der Waals surface area contributed by atoms with E-state index in [1.165, 1.54) is 31.4 Å². The fourth-order valence-corrected chi connectivity index (χ4v) is 3.11. The molecule has 3 amide bonds. The zero-order chi connectivity index (χ0) is 18.8. The van der Waals surface area contributed by atoms with Crippen LogP contribution in [0, 0.1) is 5.92 Å². The van der Waals surface area contributed by atoms with Crippen LogP contribution in [0.4, 0.5) is 4.79 Å². The van der Waals surface area contributed by atoms with E-state index in [0.717, 1.165) is 18.4 Å². The van der Waals surface area contributed by atoms with Crippen LogP contribution in [-0.4, -0.2) is 36.1 Å². The molecule has 1 aliphatic rings. The van der Waals surface area contributed by atoms with Gasteiger partial charge in [-0.2, -0.15) is 0 Å². The number of carbonyl (C=O) groups is 3. The Hall–Kier alpha value is -2.57. The highest BCUT2D eigenvalue weighted by Crippen LogP contribution is 2.25.